The van der Waals surface area contributed by atoms with Crippen LogP contribution in [0.15, 0.2) is 36.4 Å². The van der Waals surface area contributed by atoms with E-state index in [1.165, 1.54) is 14.2 Å². The van der Waals surface area contributed by atoms with Crippen LogP contribution in [0.1, 0.15) is 16.8 Å². The molecule has 28 heavy (non-hydrogen) atoms. The van der Waals surface area contributed by atoms with Crippen LogP contribution < -0.4 is 24.8 Å². The molecule has 8 nitrogen and oxygen atoms in total. The van der Waals surface area contributed by atoms with E-state index in [9.17, 15) is 9.59 Å². The van der Waals surface area contributed by atoms with E-state index in [2.05, 4.69) is 15.4 Å². The minimum Gasteiger partial charge on any atom is -0.493 e. The van der Waals surface area contributed by atoms with Gasteiger partial charge >= 0.3 is 5.97 Å². The van der Waals surface area contributed by atoms with Crippen molar-refractivity contribution in [2.45, 2.75) is 6.42 Å². The fourth-order valence-corrected chi connectivity index (χ4v) is 2.53. The largest absolute Gasteiger partial charge is 0.493 e. The zero-order valence-electron chi connectivity index (χ0n) is 16.3. The van der Waals surface area contributed by atoms with Gasteiger partial charge in [0.2, 0.25) is 11.7 Å². The number of methoxy groups -OCH3 is 4. The molecule has 0 atom stereocenters. The van der Waals surface area contributed by atoms with Crippen LogP contribution in [-0.2, 0) is 9.53 Å². The number of benzene rings is 2. The van der Waals surface area contributed by atoms with Crippen LogP contribution in [0, 0.1) is 0 Å². The Bertz CT molecular complexity index is 795. The molecule has 0 saturated heterocycles. The summed E-state index contributed by atoms with van der Waals surface area (Å²) in [6.45, 7) is 0.407. The number of hydrogen-bond donors (Lipinski definition) is 2. The average molecular weight is 388 g/mol. The molecular formula is C20H24N2O6. The lowest BCUT2D eigenvalue weighted by atomic mass is 10.2. The van der Waals surface area contributed by atoms with Crippen LogP contribution in [0.25, 0.3) is 0 Å². The van der Waals surface area contributed by atoms with E-state index < -0.39 is 5.97 Å². The molecule has 2 aromatic carbocycles. The summed E-state index contributed by atoms with van der Waals surface area (Å²) in [5.41, 5.74) is 1.76. The highest BCUT2D eigenvalue weighted by Crippen LogP contribution is 2.39. The Labute approximate surface area is 163 Å². The van der Waals surface area contributed by atoms with Gasteiger partial charge in [-0.2, -0.15) is 0 Å². The highest BCUT2D eigenvalue weighted by molar-refractivity contribution is 5.93. The van der Waals surface area contributed by atoms with E-state index in [1.54, 1.807) is 50.6 Å². The van der Waals surface area contributed by atoms with Crippen molar-refractivity contribution in [3.63, 3.8) is 0 Å². The van der Waals surface area contributed by atoms with E-state index in [1.807, 2.05) is 0 Å². The number of hydrogen-bond acceptors (Lipinski definition) is 7. The third-order valence-corrected chi connectivity index (χ3v) is 3.94. The number of esters is 1. The Morgan fingerprint density at radius 3 is 1.96 bits per heavy atom. The number of carbonyl (C=O) groups excluding carboxylic acids is 2. The van der Waals surface area contributed by atoms with E-state index in [0.717, 1.165) is 5.69 Å². The third kappa shape index (κ3) is 5.29. The van der Waals surface area contributed by atoms with Crippen molar-refractivity contribution in [2.75, 3.05) is 45.6 Å². The second-order valence-electron chi connectivity index (χ2n) is 5.71. The van der Waals surface area contributed by atoms with Gasteiger partial charge in [0.15, 0.2) is 11.5 Å². The summed E-state index contributed by atoms with van der Waals surface area (Å²) in [4.78, 5) is 23.5. The Morgan fingerprint density at radius 1 is 0.857 bits per heavy atom. The highest BCUT2D eigenvalue weighted by atomic mass is 16.5. The van der Waals surface area contributed by atoms with E-state index in [4.69, 9.17) is 14.2 Å². The van der Waals surface area contributed by atoms with Crippen LogP contribution in [0.4, 0.5) is 11.4 Å². The number of rotatable bonds is 9. The van der Waals surface area contributed by atoms with Crippen LogP contribution >= 0.6 is 0 Å². The van der Waals surface area contributed by atoms with Crippen LogP contribution in [-0.4, -0.2) is 46.9 Å². The smallest absolute Gasteiger partial charge is 0.337 e. The Hall–Kier alpha value is -3.42. The van der Waals surface area contributed by atoms with Gasteiger partial charge < -0.3 is 29.6 Å². The summed E-state index contributed by atoms with van der Waals surface area (Å²) >= 11 is 0. The fraction of sp³-hybridized carbons (Fsp3) is 0.300. The van der Waals surface area contributed by atoms with Gasteiger partial charge in [-0.15, -0.1) is 0 Å². The lowest BCUT2D eigenvalue weighted by Gasteiger charge is -2.15. The second-order valence-corrected chi connectivity index (χ2v) is 5.71. The molecular weight excluding hydrogens is 364 g/mol. The quantitative estimate of drug-likeness (QED) is 0.638. The maximum absolute atomic E-state index is 12.1. The standard InChI is InChI=1S/C20H24N2O6/c1-25-16-11-15(12-17(26-2)19(16)27-3)21-10-9-18(23)22-14-7-5-13(6-8-14)20(24)28-4/h5-8,11-12,21H,9-10H2,1-4H3,(H,22,23). The average Bonchev–Trinajstić information content (AvgIpc) is 2.72. The molecule has 0 spiro atoms. The van der Waals surface area contributed by atoms with Crippen molar-refractivity contribution in [1.82, 2.24) is 0 Å². The van der Waals surface area contributed by atoms with Gasteiger partial charge in [-0.3, -0.25) is 4.79 Å². The molecule has 0 saturated carbocycles. The summed E-state index contributed by atoms with van der Waals surface area (Å²) in [6, 6.07) is 10.0. The van der Waals surface area contributed by atoms with Gasteiger partial charge in [-0.25, -0.2) is 4.79 Å². The zero-order valence-corrected chi connectivity index (χ0v) is 16.3. The predicted octanol–water partition coefficient (Wildman–Crippen LogP) is 2.94. The normalized spacial score (nSPS) is 10.0. The first-order valence-electron chi connectivity index (χ1n) is 8.54. The van der Waals surface area contributed by atoms with Crippen LogP contribution in [0.3, 0.4) is 0 Å². The number of nitrogens with one attached hydrogen (secondary N) is 2. The van der Waals surface area contributed by atoms with E-state index >= 15 is 0 Å². The number of anilines is 2. The molecule has 0 aromatic heterocycles. The van der Waals surface area contributed by atoms with Crippen molar-refractivity contribution in [3.8, 4) is 17.2 Å². The first-order chi connectivity index (χ1) is 13.5. The minimum atomic E-state index is -0.424. The summed E-state index contributed by atoms with van der Waals surface area (Å²) < 4.78 is 20.5. The molecule has 1 amide bonds. The monoisotopic (exact) mass is 388 g/mol. The number of carbonyl (C=O) groups is 2. The number of ether oxygens (including phenoxy) is 4. The maximum atomic E-state index is 12.1. The molecule has 2 rings (SSSR count). The molecule has 0 aliphatic rings. The van der Waals surface area contributed by atoms with Crippen molar-refractivity contribution in [1.29, 1.82) is 0 Å². The maximum Gasteiger partial charge on any atom is 0.337 e. The molecule has 0 aliphatic carbocycles. The minimum absolute atomic E-state index is 0.161. The topological polar surface area (TPSA) is 95.1 Å². The lowest BCUT2D eigenvalue weighted by molar-refractivity contribution is -0.115. The first-order valence-corrected chi connectivity index (χ1v) is 8.54. The lowest BCUT2D eigenvalue weighted by Crippen LogP contribution is -2.16. The first kappa shape index (κ1) is 20.9. The second kappa shape index (κ2) is 10.1. The summed E-state index contributed by atoms with van der Waals surface area (Å²) in [7, 11) is 5.94. The molecule has 8 heteroatoms. The fourth-order valence-electron chi connectivity index (χ4n) is 2.53. The van der Waals surface area contributed by atoms with Crippen molar-refractivity contribution in [2.24, 2.45) is 0 Å². The van der Waals surface area contributed by atoms with Gasteiger partial charge in [0, 0.05) is 36.5 Å². The predicted molar refractivity (Wildman–Crippen MR) is 106 cm³/mol. The Balaban J connectivity index is 1.90. The van der Waals surface area contributed by atoms with Crippen molar-refractivity contribution < 1.29 is 28.5 Å². The Kier molecular flexibility index (Phi) is 7.50. The van der Waals surface area contributed by atoms with E-state index in [-0.39, 0.29) is 12.3 Å². The summed E-state index contributed by atoms with van der Waals surface area (Å²) in [5.74, 6) is 0.973. The molecule has 0 unspecified atom stereocenters. The summed E-state index contributed by atoms with van der Waals surface area (Å²) in [6.07, 6.45) is 0.245. The number of amides is 1. The van der Waals surface area contributed by atoms with Gasteiger partial charge in [0.25, 0.3) is 0 Å². The van der Waals surface area contributed by atoms with Gasteiger partial charge in [0.1, 0.15) is 0 Å². The van der Waals surface area contributed by atoms with E-state index in [0.29, 0.717) is 35.0 Å². The van der Waals surface area contributed by atoms with Crippen LogP contribution in [0.2, 0.25) is 0 Å². The third-order valence-electron chi connectivity index (χ3n) is 3.94. The Morgan fingerprint density at radius 2 is 1.46 bits per heavy atom. The van der Waals surface area contributed by atoms with Gasteiger partial charge in [-0.1, -0.05) is 0 Å². The SMILES string of the molecule is COC(=O)c1ccc(NC(=O)CCNc2cc(OC)c(OC)c(OC)c2)cc1. The van der Waals surface area contributed by atoms with Crippen molar-refractivity contribution >= 4 is 23.3 Å². The van der Waals surface area contributed by atoms with Crippen molar-refractivity contribution in [3.05, 3.63) is 42.0 Å². The summed E-state index contributed by atoms with van der Waals surface area (Å²) in [5, 5.41) is 5.93. The molecule has 2 aromatic rings. The molecule has 0 heterocycles. The molecule has 0 bridgehead atoms. The highest BCUT2D eigenvalue weighted by Gasteiger charge is 2.13. The van der Waals surface area contributed by atoms with Crippen LogP contribution in [0.5, 0.6) is 17.2 Å². The zero-order chi connectivity index (χ0) is 20.5. The molecule has 150 valence electrons. The molecule has 2 N–H and O–H groups in total. The molecule has 0 fully saturated rings. The molecule has 0 radical (unpaired) electrons. The molecule has 0 aliphatic heterocycles. The van der Waals surface area contributed by atoms with Gasteiger partial charge in [-0.05, 0) is 24.3 Å². The van der Waals surface area contributed by atoms with Gasteiger partial charge in [0.05, 0.1) is 34.0 Å².